The lowest BCUT2D eigenvalue weighted by molar-refractivity contribution is 0.192. The molecule has 2 unspecified atom stereocenters. The van der Waals surface area contributed by atoms with E-state index in [1.165, 1.54) is 0 Å². The smallest absolute Gasteiger partial charge is 0.319 e. The SMILES string of the molecule is Cc1cccc(NC(=O)NCC2CCCC2CO)c1. The van der Waals surface area contributed by atoms with Crippen LogP contribution in [0.5, 0.6) is 0 Å². The van der Waals surface area contributed by atoms with E-state index in [2.05, 4.69) is 10.6 Å². The summed E-state index contributed by atoms with van der Waals surface area (Å²) in [6.45, 7) is 2.86. The van der Waals surface area contributed by atoms with E-state index in [4.69, 9.17) is 0 Å². The highest BCUT2D eigenvalue weighted by atomic mass is 16.3. The van der Waals surface area contributed by atoms with Crippen molar-refractivity contribution in [1.29, 1.82) is 0 Å². The van der Waals surface area contributed by atoms with E-state index in [1.807, 2.05) is 31.2 Å². The monoisotopic (exact) mass is 262 g/mol. The number of hydrogen-bond acceptors (Lipinski definition) is 2. The first-order valence-electron chi connectivity index (χ1n) is 6.91. The summed E-state index contributed by atoms with van der Waals surface area (Å²) in [7, 11) is 0. The van der Waals surface area contributed by atoms with E-state index in [-0.39, 0.29) is 12.6 Å². The Balaban J connectivity index is 1.78. The van der Waals surface area contributed by atoms with Crippen LogP contribution >= 0.6 is 0 Å². The molecule has 1 aliphatic rings. The highest BCUT2D eigenvalue weighted by Gasteiger charge is 2.26. The number of urea groups is 1. The van der Waals surface area contributed by atoms with Gasteiger partial charge in [0.2, 0.25) is 0 Å². The number of carbonyl (C=O) groups is 1. The summed E-state index contributed by atoms with van der Waals surface area (Å²) in [6.07, 6.45) is 3.31. The van der Waals surface area contributed by atoms with Gasteiger partial charge in [-0.05, 0) is 49.3 Å². The van der Waals surface area contributed by atoms with Crippen LogP contribution in [-0.4, -0.2) is 24.3 Å². The fourth-order valence-corrected chi connectivity index (χ4v) is 2.74. The third-order valence-corrected chi connectivity index (χ3v) is 3.85. The predicted molar refractivity (Wildman–Crippen MR) is 76.1 cm³/mol. The van der Waals surface area contributed by atoms with Crippen molar-refractivity contribution in [3.05, 3.63) is 29.8 Å². The van der Waals surface area contributed by atoms with Gasteiger partial charge < -0.3 is 15.7 Å². The number of hydrogen-bond donors (Lipinski definition) is 3. The summed E-state index contributed by atoms with van der Waals surface area (Å²) in [5, 5.41) is 15.0. The number of nitrogens with one attached hydrogen (secondary N) is 2. The normalized spacial score (nSPS) is 22.2. The van der Waals surface area contributed by atoms with Gasteiger partial charge in [-0.3, -0.25) is 0 Å². The molecule has 2 amide bonds. The Bertz CT molecular complexity index is 434. The van der Waals surface area contributed by atoms with Crippen LogP contribution in [0, 0.1) is 18.8 Å². The molecule has 0 aromatic heterocycles. The van der Waals surface area contributed by atoms with E-state index >= 15 is 0 Å². The van der Waals surface area contributed by atoms with Crippen LogP contribution in [0.15, 0.2) is 24.3 Å². The van der Waals surface area contributed by atoms with Crippen LogP contribution < -0.4 is 10.6 Å². The highest BCUT2D eigenvalue weighted by molar-refractivity contribution is 5.89. The number of aryl methyl sites for hydroxylation is 1. The molecule has 0 aliphatic heterocycles. The minimum Gasteiger partial charge on any atom is -0.396 e. The van der Waals surface area contributed by atoms with Crippen molar-refractivity contribution >= 4 is 11.7 Å². The second kappa shape index (κ2) is 6.57. The van der Waals surface area contributed by atoms with Crippen LogP contribution in [0.3, 0.4) is 0 Å². The molecule has 1 aromatic carbocycles. The maximum atomic E-state index is 11.8. The van der Waals surface area contributed by atoms with Crippen LogP contribution in [0.25, 0.3) is 0 Å². The van der Waals surface area contributed by atoms with Crippen molar-refractivity contribution in [2.75, 3.05) is 18.5 Å². The van der Waals surface area contributed by atoms with Crippen molar-refractivity contribution < 1.29 is 9.90 Å². The number of amides is 2. The molecule has 0 bridgehead atoms. The minimum atomic E-state index is -0.172. The van der Waals surface area contributed by atoms with E-state index in [0.29, 0.717) is 18.4 Å². The lowest BCUT2D eigenvalue weighted by atomic mass is 9.97. The molecule has 19 heavy (non-hydrogen) atoms. The summed E-state index contributed by atoms with van der Waals surface area (Å²) in [6, 6.07) is 7.55. The zero-order valence-electron chi connectivity index (χ0n) is 11.4. The van der Waals surface area contributed by atoms with Gasteiger partial charge in [-0.1, -0.05) is 18.6 Å². The molecule has 2 atom stereocenters. The lowest BCUT2D eigenvalue weighted by Gasteiger charge is -2.18. The quantitative estimate of drug-likeness (QED) is 0.781. The number of carbonyl (C=O) groups excluding carboxylic acids is 1. The van der Waals surface area contributed by atoms with Gasteiger partial charge in [0.05, 0.1) is 0 Å². The van der Waals surface area contributed by atoms with E-state index in [0.717, 1.165) is 30.5 Å². The maximum absolute atomic E-state index is 11.8. The summed E-state index contributed by atoms with van der Waals surface area (Å²) < 4.78 is 0. The topological polar surface area (TPSA) is 61.4 Å². The Morgan fingerprint density at radius 1 is 1.37 bits per heavy atom. The summed E-state index contributed by atoms with van der Waals surface area (Å²) in [5.74, 6) is 0.757. The van der Waals surface area contributed by atoms with Crippen molar-refractivity contribution in [2.45, 2.75) is 26.2 Å². The van der Waals surface area contributed by atoms with Gasteiger partial charge in [-0.15, -0.1) is 0 Å². The molecule has 0 radical (unpaired) electrons. The summed E-state index contributed by atoms with van der Waals surface area (Å²) >= 11 is 0. The molecule has 1 saturated carbocycles. The van der Waals surface area contributed by atoms with Gasteiger partial charge in [0.1, 0.15) is 0 Å². The standard InChI is InChI=1S/C15H22N2O2/c1-11-4-2-7-14(8-11)17-15(19)16-9-12-5-3-6-13(12)10-18/h2,4,7-8,12-13,18H,3,5-6,9-10H2,1H3,(H2,16,17,19). The van der Waals surface area contributed by atoms with Crippen LogP contribution in [0.4, 0.5) is 10.5 Å². The largest absolute Gasteiger partial charge is 0.396 e. The number of rotatable bonds is 4. The predicted octanol–water partition coefficient (Wildman–Crippen LogP) is 2.53. The number of anilines is 1. The number of aliphatic hydroxyl groups excluding tert-OH is 1. The molecule has 3 N–H and O–H groups in total. The van der Waals surface area contributed by atoms with E-state index < -0.39 is 0 Å². The van der Waals surface area contributed by atoms with Crippen LogP contribution in [0.1, 0.15) is 24.8 Å². The fraction of sp³-hybridized carbons (Fsp3) is 0.533. The zero-order valence-corrected chi connectivity index (χ0v) is 11.4. The molecular weight excluding hydrogens is 240 g/mol. The fourth-order valence-electron chi connectivity index (χ4n) is 2.74. The molecule has 2 rings (SSSR count). The average molecular weight is 262 g/mol. The Hall–Kier alpha value is -1.55. The molecule has 104 valence electrons. The Morgan fingerprint density at radius 2 is 2.16 bits per heavy atom. The third-order valence-electron chi connectivity index (χ3n) is 3.85. The molecule has 1 fully saturated rings. The summed E-state index contributed by atoms with van der Waals surface area (Å²) in [5.41, 5.74) is 1.93. The molecule has 4 heteroatoms. The molecule has 1 aliphatic carbocycles. The number of aliphatic hydroxyl groups is 1. The highest BCUT2D eigenvalue weighted by Crippen LogP contribution is 2.30. The van der Waals surface area contributed by atoms with Crippen molar-refractivity contribution in [2.24, 2.45) is 11.8 Å². The second-order valence-electron chi connectivity index (χ2n) is 5.34. The van der Waals surface area contributed by atoms with Crippen LogP contribution in [-0.2, 0) is 0 Å². The van der Waals surface area contributed by atoms with Gasteiger partial charge in [0.25, 0.3) is 0 Å². The molecule has 0 heterocycles. The molecule has 0 spiro atoms. The first-order chi connectivity index (χ1) is 9.19. The molecule has 4 nitrogen and oxygen atoms in total. The minimum absolute atomic E-state index is 0.172. The second-order valence-corrected chi connectivity index (χ2v) is 5.34. The molecule has 0 saturated heterocycles. The Kier molecular flexibility index (Phi) is 4.80. The maximum Gasteiger partial charge on any atom is 0.319 e. The third kappa shape index (κ3) is 3.96. The first-order valence-corrected chi connectivity index (χ1v) is 6.91. The van der Waals surface area contributed by atoms with Crippen molar-refractivity contribution in [3.63, 3.8) is 0 Å². The van der Waals surface area contributed by atoms with Crippen molar-refractivity contribution in [1.82, 2.24) is 5.32 Å². The van der Waals surface area contributed by atoms with Gasteiger partial charge >= 0.3 is 6.03 Å². The van der Waals surface area contributed by atoms with E-state index in [1.54, 1.807) is 0 Å². The van der Waals surface area contributed by atoms with Gasteiger partial charge in [0, 0.05) is 18.8 Å². The molecule has 1 aromatic rings. The molecular formula is C15H22N2O2. The van der Waals surface area contributed by atoms with E-state index in [9.17, 15) is 9.90 Å². The van der Waals surface area contributed by atoms with Crippen molar-refractivity contribution in [3.8, 4) is 0 Å². The van der Waals surface area contributed by atoms with Gasteiger partial charge in [-0.25, -0.2) is 4.79 Å². The van der Waals surface area contributed by atoms with Gasteiger partial charge in [-0.2, -0.15) is 0 Å². The zero-order chi connectivity index (χ0) is 13.7. The van der Waals surface area contributed by atoms with Crippen LogP contribution in [0.2, 0.25) is 0 Å². The summed E-state index contributed by atoms with van der Waals surface area (Å²) in [4.78, 5) is 11.8. The average Bonchev–Trinajstić information content (AvgIpc) is 2.83. The Morgan fingerprint density at radius 3 is 2.89 bits per heavy atom. The Labute approximate surface area is 114 Å². The lowest BCUT2D eigenvalue weighted by Crippen LogP contribution is -2.34. The van der Waals surface area contributed by atoms with Gasteiger partial charge in [0.15, 0.2) is 0 Å². The number of benzene rings is 1. The first kappa shape index (κ1) is 13.9.